The van der Waals surface area contributed by atoms with E-state index in [1.807, 2.05) is 43.3 Å². The molecule has 0 fully saturated rings. The molecule has 3 aromatic carbocycles. The molecule has 0 atom stereocenters. The highest BCUT2D eigenvalue weighted by atomic mass is 35.5. The van der Waals surface area contributed by atoms with Gasteiger partial charge < -0.3 is 25.2 Å². The molecule has 0 heterocycles. The number of rotatable bonds is 8. The maximum atomic E-state index is 12.1. The SMILES string of the molecule is COc1cc(CNc2cc(Cl)c(O)c(Cl)c2)ccc1OCC(=O)Nc1ccc(C)cc1. The second-order valence-corrected chi connectivity index (χ2v) is 7.64. The summed E-state index contributed by atoms with van der Waals surface area (Å²) in [6, 6.07) is 16.1. The number of carbonyl (C=O) groups excluding carboxylic acids is 1. The molecule has 31 heavy (non-hydrogen) atoms. The molecule has 0 saturated heterocycles. The van der Waals surface area contributed by atoms with Crippen LogP contribution in [-0.2, 0) is 11.3 Å². The van der Waals surface area contributed by atoms with Gasteiger partial charge in [0.25, 0.3) is 5.91 Å². The molecule has 6 nitrogen and oxygen atoms in total. The van der Waals surface area contributed by atoms with Crippen LogP contribution in [0.2, 0.25) is 10.0 Å². The molecule has 162 valence electrons. The summed E-state index contributed by atoms with van der Waals surface area (Å²) in [5.74, 6) is 0.548. The average molecular weight is 461 g/mol. The van der Waals surface area contributed by atoms with Gasteiger partial charge in [-0.05, 0) is 48.9 Å². The molecule has 0 aliphatic carbocycles. The Morgan fingerprint density at radius 1 is 0.968 bits per heavy atom. The van der Waals surface area contributed by atoms with Crippen molar-refractivity contribution in [1.82, 2.24) is 0 Å². The highest BCUT2D eigenvalue weighted by Crippen LogP contribution is 2.35. The van der Waals surface area contributed by atoms with Crippen molar-refractivity contribution in [1.29, 1.82) is 0 Å². The summed E-state index contributed by atoms with van der Waals surface area (Å²) in [5.41, 5.74) is 3.40. The van der Waals surface area contributed by atoms with E-state index in [1.54, 1.807) is 18.2 Å². The van der Waals surface area contributed by atoms with Crippen molar-refractivity contribution < 1.29 is 19.4 Å². The first-order chi connectivity index (χ1) is 14.9. The number of phenolic OH excluding ortho intramolecular Hbond substituents is 1. The van der Waals surface area contributed by atoms with Crippen molar-refractivity contribution in [3.05, 3.63) is 75.8 Å². The van der Waals surface area contributed by atoms with Gasteiger partial charge in [0.1, 0.15) is 0 Å². The number of aryl methyl sites for hydroxylation is 1. The first-order valence-corrected chi connectivity index (χ1v) is 10.2. The minimum absolute atomic E-state index is 0.146. The van der Waals surface area contributed by atoms with Crippen LogP contribution in [-0.4, -0.2) is 24.7 Å². The summed E-state index contributed by atoms with van der Waals surface area (Å²) in [6.07, 6.45) is 0. The summed E-state index contributed by atoms with van der Waals surface area (Å²) < 4.78 is 11.0. The fourth-order valence-electron chi connectivity index (χ4n) is 2.79. The van der Waals surface area contributed by atoms with E-state index in [4.69, 9.17) is 32.7 Å². The molecule has 3 aromatic rings. The van der Waals surface area contributed by atoms with Crippen LogP contribution in [0.5, 0.6) is 17.2 Å². The van der Waals surface area contributed by atoms with E-state index in [0.717, 1.165) is 11.1 Å². The third-order valence-electron chi connectivity index (χ3n) is 4.44. The van der Waals surface area contributed by atoms with Crippen molar-refractivity contribution >= 4 is 40.5 Å². The van der Waals surface area contributed by atoms with Gasteiger partial charge in [0.15, 0.2) is 23.9 Å². The number of carbonyl (C=O) groups is 1. The van der Waals surface area contributed by atoms with Gasteiger partial charge in [0.2, 0.25) is 0 Å². The summed E-state index contributed by atoms with van der Waals surface area (Å²) in [4.78, 5) is 12.1. The molecule has 0 spiro atoms. The zero-order chi connectivity index (χ0) is 22.4. The monoisotopic (exact) mass is 460 g/mol. The van der Waals surface area contributed by atoms with Gasteiger partial charge in [0.05, 0.1) is 17.2 Å². The number of hydrogen-bond donors (Lipinski definition) is 3. The number of aromatic hydroxyl groups is 1. The number of anilines is 2. The quantitative estimate of drug-likeness (QED) is 0.378. The molecule has 0 aliphatic heterocycles. The lowest BCUT2D eigenvalue weighted by molar-refractivity contribution is -0.118. The van der Waals surface area contributed by atoms with Crippen LogP contribution in [0, 0.1) is 6.92 Å². The van der Waals surface area contributed by atoms with Gasteiger partial charge in [-0.15, -0.1) is 0 Å². The lowest BCUT2D eigenvalue weighted by Gasteiger charge is -2.13. The Morgan fingerprint density at radius 3 is 2.29 bits per heavy atom. The summed E-state index contributed by atoms with van der Waals surface area (Å²) >= 11 is 11.9. The number of phenols is 1. The molecular weight excluding hydrogens is 439 g/mol. The first kappa shape index (κ1) is 22.6. The number of hydrogen-bond acceptors (Lipinski definition) is 5. The smallest absolute Gasteiger partial charge is 0.262 e. The van der Waals surface area contributed by atoms with Gasteiger partial charge in [-0.3, -0.25) is 4.79 Å². The number of halogens is 2. The predicted octanol–water partition coefficient (Wildman–Crippen LogP) is 5.65. The molecule has 0 unspecified atom stereocenters. The van der Waals surface area contributed by atoms with Crippen LogP contribution in [0.15, 0.2) is 54.6 Å². The fraction of sp³-hybridized carbons (Fsp3) is 0.174. The van der Waals surface area contributed by atoms with Crippen LogP contribution in [0.3, 0.4) is 0 Å². The van der Waals surface area contributed by atoms with E-state index in [0.29, 0.717) is 29.4 Å². The molecule has 0 saturated carbocycles. The van der Waals surface area contributed by atoms with Gasteiger partial charge in [0, 0.05) is 17.9 Å². The molecule has 1 amide bonds. The molecule has 0 aromatic heterocycles. The van der Waals surface area contributed by atoms with Crippen molar-refractivity contribution in [2.75, 3.05) is 24.4 Å². The Bertz CT molecular complexity index is 1050. The molecule has 0 bridgehead atoms. The third-order valence-corrected chi connectivity index (χ3v) is 5.01. The summed E-state index contributed by atoms with van der Waals surface area (Å²) in [7, 11) is 1.53. The third kappa shape index (κ3) is 6.20. The average Bonchev–Trinajstić information content (AvgIpc) is 2.76. The van der Waals surface area contributed by atoms with E-state index < -0.39 is 0 Å². The number of methoxy groups -OCH3 is 1. The Kier molecular flexibility index (Phi) is 7.50. The van der Waals surface area contributed by atoms with Crippen LogP contribution < -0.4 is 20.1 Å². The first-order valence-electron chi connectivity index (χ1n) is 9.44. The molecule has 0 aliphatic rings. The fourth-order valence-corrected chi connectivity index (χ4v) is 3.28. The standard InChI is InChI=1S/C23H22Cl2N2O4/c1-14-3-6-16(7-4-14)27-22(28)13-31-20-8-5-15(9-21(20)30-2)12-26-17-10-18(24)23(29)19(25)11-17/h3-11,26,29H,12-13H2,1-2H3,(H,27,28). The Hall–Kier alpha value is -3.09. The van der Waals surface area contributed by atoms with E-state index in [9.17, 15) is 9.90 Å². The molecule has 3 N–H and O–H groups in total. The second kappa shape index (κ2) is 10.3. The maximum absolute atomic E-state index is 12.1. The van der Waals surface area contributed by atoms with E-state index in [1.165, 1.54) is 7.11 Å². The molecular formula is C23H22Cl2N2O4. The van der Waals surface area contributed by atoms with Crippen molar-refractivity contribution in [3.63, 3.8) is 0 Å². The minimum Gasteiger partial charge on any atom is -0.505 e. The van der Waals surface area contributed by atoms with E-state index in [-0.39, 0.29) is 28.3 Å². The Morgan fingerprint density at radius 2 is 1.65 bits per heavy atom. The van der Waals surface area contributed by atoms with Crippen molar-refractivity contribution in [3.8, 4) is 17.2 Å². The maximum Gasteiger partial charge on any atom is 0.262 e. The Balaban J connectivity index is 1.59. The number of ether oxygens (including phenoxy) is 2. The zero-order valence-electron chi connectivity index (χ0n) is 17.0. The summed E-state index contributed by atoms with van der Waals surface area (Å²) in [6.45, 7) is 2.30. The summed E-state index contributed by atoms with van der Waals surface area (Å²) in [5, 5.41) is 15.9. The number of amides is 1. The lowest BCUT2D eigenvalue weighted by atomic mass is 10.2. The van der Waals surface area contributed by atoms with Crippen LogP contribution in [0.25, 0.3) is 0 Å². The van der Waals surface area contributed by atoms with Gasteiger partial charge in [-0.25, -0.2) is 0 Å². The van der Waals surface area contributed by atoms with E-state index in [2.05, 4.69) is 10.6 Å². The van der Waals surface area contributed by atoms with Gasteiger partial charge in [-0.2, -0.15) is 0 Å². The van der Waals surface area contributed by atoms with Gasteiger partial charge in [-0.1, -0.05) is 47.0 Å². The lowest BCUT2D eigenvalue weighted by Crippen LogP contribution is -2.20. The second-order valence-electron chi connectivity index (χ2n) is 6.83. The van der Waals surface area contributed by atoms with Gasteiger partial charge >= 0.3 is 0 Å². The van der Waals surface area contributed by atoms with Crippen molar-refractivity contribution in [2.24, 2.45) is 0 Å². The molecule has 8 heteroatoms. The topological polar surface area (TPSA) is 79.8 Å². The Labute approximate surface area is 190 Å². The predicted molar refractivity (Wildman–Crippen MR) is 124 cm³/mol. The molecule has 3 rings (SSSR count). The number of nitrogens with one attached hydrogen (secondary N) is 2. The van der Waals surface area contributed by atoms with Crippen molar-refractivity contribution in [2.45, 2.75) is 13.5 Å². The highest BCUT2D eigenvalue weighted by molar-refractivity contribution is 6.37. The zero-order valence-corrected chi connectivity index (χ0v) is 18.6. The van der Waals surface area contributed by atoms with Crippen LogP contribution in [0.4, 0.5) is 11.4 Å². The normalized spacial score (nSPS) is 10.5. The van der Waals surface area contributed by atoms with E-state index >= 15 is 0 Å². The highest BCUT2D eigenvalue weighted by Gasteiger charge is 2.10. The molecule has 0 radical (unpaired) electrons. The van der Waals surface area contributed by atoms with Crippen LogP contribution in [0.1, 0.15) is 11.1 Å². The van der Waals surface area contributed by atoms with Crippen LogP contribution >= 0.6 is 23.2 Å². The number of benzene rings is 3. The minimum atomic E-state index is -0.266. The largest absolute Gasteiger partial charge is 0.505 e.